The van der Waals surface area contributed by atoms with Gasteiger partial charge in [0, 0.05) is 25.4 Å². The van der Waals surface area contributed by atoms with Crippen LogP contribution >= 0.6 is 7.60 Å². The second kappa shape index (κ2) is 15.6. The van der Waals surface area contributed by atoms with E-state index in [2.05, 4.69) is 5.32 Å². The van der Waals surface area contributed by atoms with E-state index >= 15 is 0 Å². The zero-order valence-electron chi connectivity index (χ0n) is 27.7. The second-order valence-corrected chi connectivity index (χ2v) is 17.2. The summed E-state index contributed by atoms with van der Waals surface area (Å²) in [6.45, 7) is 8.67. The Labute approximate surface area is 278 Å². The normalized spacial score (nSPS) is 25.3. The van der Waals surface area contributed by atoms with E-state index in [9.17, 15) is 22.9 Å². The summed E-state index contributed by atoms with van der Waals surface area (Å²) in [5.41, 5.74) is 0.913. The SMILES string of the molecule is CCOP(=O)(OCC)c1ccc(S(=O)(=O)N(CC(C)C)C[C@@H](O)[C@H](Cc2ccccc2)NC(=O)C[C@H]2C3CO[C@H]4OC[C@@H]2C4C3)cc1. The van der Waals surface area contributed by atoms with Crippen molar-refractivity contribution in [3.05, 3.63) is 60.2 Å². The maximum atomic E-state index is 14.0. The third-order valence-electron chi connectivity index (χ3n) is 9.44. The van der Waals surface area contributed by atoms with Crippen LogP contribution in [0, 0.1) is 29.6 Å². The molecule has 1 amide bonds. The lowest BCUT2D eigenvalue weighted by atomic mass is 9.86. The number of carbonyl (C=O) groups is 1. The number of rotatable bonds is 17. The molecule has 1 saturated carbocycles. The Kier molecular flexibility index (Phi) is 12.0. The summed E-state index contributed by atoms with van der Waals surface area (Å²) < 4.78 is 65.0. The molecule has 1 aliphatic carbocycles. The van der Waals surface area contributed by atoms with Crippen LogP contribution in [0.5, 0.6) is 0 Å². The van der Waals surface area contributed by atoms with Crippen molar-refractivity contribution in [3.63, 3.8) is 0 Å². The molecule has 3 fully saturated rings. The molecule has 2 N–H and O–H groups in total. The number of aliphatic hydroxyl groups is 1. The van der Waals surface area contributed by atoms with Gasteiger partial charge >= 0.3 is 7.60 Å². The maximum Gasteiger partial charge on any atom is 0.361 e. The largest absolute Gasteiger partial charge is 0.390 e. The first-order valence-corrected chi connectivity index (χ1v) is 19.7. The highest BCUT2D eigenvalue weighted by molar-refractivity contribution is 7.89. The molecule has 0 spiro atoms. The number of benzene rings is 2. The van der Waals surface area contributed by atoms with Gasteiger partial charge in [0.2, 0.25) is 15.9 Å². The van der Waals surface area contributed by atoms with E-state index in [0.717, 1.165) is 12.0 Å². The van der Waals surface area contributed by atoms with Gasteiger partial charge in [-0.15, -0.1) is 0 Å². The summed E-state index contributed by atoms with van der Waals surface area (Å²) in [4.78, 5) is 13.6. The summed E-state index contributed by atoms with van der Waals surface area (Å²) in [5, 5.41) is 15.0. The standard InChI is InChI=1S/C34H49N2O9PS/c1-5-44-46(39,45-6-2)26-12-14-27(15-13-26)47(40,41)36(19-23(3)4)20-32(37)31(16-24-10-8-7-9-11-24)35-33(38)18-28-25-17-29-30(28)22-43-34(29)42-21-25/h7-15,23,25,28-32,34,37H,5-6,16-22H2,1-4H3,(H,35,38)/t25?,28-,29?,30-,31-,32+,34-/m0/s1. The van der Waals surface area contributed by atoms with Crippen LogP contribution in [0.4, 0.5) is 0 Å². The summed E-state index contributed by atoms with van der Waals surface area (Å²) >= 11 is 0. The Morgan fingerprint density at radius 3 is 2.30 bits per heavy atom. The number of nitrogens with zero attached hydrogens (tertiary/aromatic N) is 1. The Hall–Kier alpha value is -2.15. The zero-order chi connectivity index (χ0) is 33.8. The minimum atomic E-state index is -4.09. The van der Waals surface area contributed by atoms with Crippen LogP contribution in [0.15, 0.2) is 59.5 Å². The van der Waals surface area contributed by atoms with Crippen molar-refractivity contribution in [2.24, 2.45) is 29.6 Å². The number of sulfonamides is 1. The fraction of sp³-hybridized carbons (Fsp3) is 0.618. The van der Waals surface area contributed by atoms with Crippen LogP contribution in [-0.4, -0.2) is 81.7 Å². The number of hydrogen-bond acceptors (Lipinski definition) is 9. The first-order chi connectivity index (χ1) is 22.4. The molecule has 3 aliphatic rings. The number of carbonyl (C=O) groups excluding carboxylic acids is 1. The molecule has 7 atom stereocenters. The van der Waals surface area contributed by atoms with Crippen molar-refractivity contribution >= 4 is 28.8 Å². The molecular formula is C34H49N2O9PS. The summed E-state index contributed by atoms with van der Waals surface area (Å²) in [6.07, 6.45) is 0.267. The lowest BCUT2D eigenvalue weighted by Crippen LogP contribution is -2.51. The van der Waals surface area contributed by atoms with Crippen molar-refractivity contribution in [1.29, 1.82) is 0 Å². The lowest BCUT2D eigenvalue weighted by Gasteiger charge is -2.31. The van der Waals surface area contributed by atoms with Gasteiger partial charge in [0.15, 0.2) is 6.29 Å². The average molecular weight is 693 g/mol. The lowest BCUT2D eigenvalue weighted by molar-refractivity contribution is -0.165. The molecule has 2 aliphatic heterocycles. The fourth-order valence-corrected chi connectivity index (χ4v) is 10.5. The quantitative estimate of drug-likeness (QED) is 0.236. The maximum absolute atomic E-state index is 14.0. The topological polar surface area (TPSA) is 141 Å². The summed E-state index contributed by atoms with van der Waals surface area (Å²) in [7, 11) is -7.68. The van der Waals surface area contributed by atoms with Gasteiger partial charge in [-0.25, -0.2) is 8.42 Å². The van der Waals surface area contributed by atoms with Crippen molar-refractivity contribution in [2.45, 2.75) is 70.3 Å². The minimum Gasteiger partial charge on any atom is -0.390 e. The second-order valence-electron chi connectivity index (χ2n) is 13.2. The minimum absolute atomic E-state index is 0.0102. The zero-order valence-corrected chi connectivity index (χ0v) is 29.4. The van der Waals surface area contributed by atoms with Gasteiger partial charge in [-0.2, -0.15) is 4.31 Å². The van der Waals surface area contributed by atoms with Crippen LogP contribution in [0.1, 0.15) is 46.1 Å². The van der Waals surface area contributed by atoms with Crippen LogP contribution < -0.4 is 10.6 Å². The third-order valence-corrected chi connectivity index (χ3v) is 13.4. The number of fused-ring (bicyclic) bond motifs is 1. The van der Waals surface area contributed by atoms with E-state index in [-0.39, 0.29) is 66.5 Å². The van der Waals surface area contributed by atoms with Crippen molar-refractivity contribution in [1.82, 2.24) is 9.62 Å². The van der Waals surface area contributed by atoms with Gasteiger partial charge in [0.05, 0.1) is 48.8 Å². The van der Waals surface area contributed by atoms with Gasteiger partial charge in [-0.1, -0.05) is 44.2 Å². The molecule has 13 heteroatoms. The Balaban J connectivity index is 1.34. The molecule has 11 nitrogen and oxygen atoms in total. The van der Waals surface area contributed by atoms with E-state index in [1.54, 1.807) is 13.8 Å². The molecule has 2 heterocycles. The predicted molar refractivity (Wildman–Crippen MR) is 178 cm³/mol. The Bertz CT molecular complexity index is 1480. The average Bonchev–Trinajstić information content (AvgIpc) is 3.57. The molecule has 2 bridgehead atoms. The molecule has 2 aromatic carbocycles. The van der Waals surface area contributed by atoms with Crippen LogP contribution in [0.3, 0.4) is 0 Å². The first kappa shape index (κ1) is 36.1. The molecule has 2 saturated heterocycles. The summed E-state index contributed by atoms with van der Waals surface area (Å²) in [5.74, 6) is 0.839. The van der Waals surface area contributed by atoms with Gasteiger partial charge < -0.3 is 28.9 Å². The number of nitrogens with one attached hydrogen (secondary N) is 1. The van der Waals surface area contributed by atoms with Crippen molar-refractivity contribution in [2.75, 3.05) is 39.5 Å². The van der Waals surface area contributed by atoms with E-state index < -0.39 is 29.8 Å². The third kappa shape index (κ3) is 8.36. The highest BCUT2D eigenvalue weighted by atomic mass is 32.2. The van der Waals surface area contributed by atoms with Crippen molar-refractivity contribution in [3.8, 4) is 0 Å². The molecule has 0 radical (unpaired) electrons. The van der Waals surface area contributed by atoms with E-state index in [0.29, 0.717) is 37.9 Å². The molecule has 0 aromatic heterocycles. The van der Waals surface area contributed by atoms with E-state index in [1.807, 2.05) is 44.2 Å². The smallest absolute Gasteiger partial charge is 0.361 e. The van der Waals surface area contributed by atoms with E-state index in [4.69, 9.17) is 18.5 Å². The number of hydrogen-bond donors (Lipinski definition) is 2. The molecule has 47 heavy (non-hydrogen) atoms. The Morgan fingerprint density at radius 1 is 1.00 bits per heavy atom. The molecule has 5 rings (SSSR count). The number of aliphatic hydroxyl groups excluding tert-OH is 1. The highest BCUT2D eigenvalue weighted by Gasteiger charge is 2.54. The monoisotopic (exact) mass is 692 g/mol. The van der Waals surface area contributed by atoms with Crippen LogP contribution in [0.2, 0.25) is 0 Å². The van der Waals surface area contributed by atoms with Gasteiger partial charge in [0.25, 0.3) is 0 Å². The predicted octanol–water partition coefficient (Wildman–Crippen LogP) is 3.96. The first-order valence-electron chi connectivity index (χ1n) is 16.7. The van der Waals surface area contributed by atoms with Gasteiger partial charge in [-0.05, 0) is 80.2 Å². The number of amides is 1. The highest BCUT2D eigenvalue weighted by Crippen LogP contribution is 2.52. The van der Waals surface area contributed by atoms with Gasteiger partial charge in [0.1, 0.15) is 0 Å². The summed E-state index contributed by atoms with van der Waals surface area (Å²) in [6, 6.07) is 14.5. The van der Waals surface area contributed by atoms with Gasteiger partial charge in [-0.3, -0.25) is 9.36 Å². The van der Waals surface area contributed by atoms with Crippen molar-refractivity contribution < 1.29 is 41.4 Å². The molecule has 2 unspecified atom stereocenters. The van der Waals surface area contributed by atoms with Crippen LogP contribution in [0.25, 0.3) is 0 Å². The van der Waals surface area contributed by atoms with E-state index in [1.165, 1.54) is 28.6 Å². The molecular weight excluding hydrogens is 643 g/mol. The fourth-order valence-electron chi connectivity index (χ4n) is 7.28. The molecule has 260 valence electrons. The number of ether oxygens (including phenoxy) is 2. The Morgan fingerprint density at radius 2 is 1.66 bits per heavy atom. The molecule has 2 aromatic rings. The van der Waals surface area contributed by atoms with Crippen LogP contribution in [-0.2, 0) is 44.3 Å².